The van der Waals surface area contributed by atoms with Crippen LogP contribution in [0.3, 0.4) is 0 Å². The number of nitro groups is 1. The molecule has 0 unspecified atom stereocenters. The van der Waals surface area contributed by atoms with Gasteiger partial charge in [0.2, 0.25) is 0 Å². The fraction of sp³-hybridized carbons (Fsp3) is 0.0556. The van der Waals surface area contributed by atoms with E-state index in [0.29, 0.717) is 10.5 Å². The highest BCUT2D eigenvalue weighted by Gasteiger charge is 2.20. The number of benzene rings is 2. The zero-order chi connectivity index (χ0) is 17.1. The first-order chi connectivity index (χ1) is 11.6. The van der Waals surface area contributed by atoms with Crippen LogP contribution in [0.25, 0.3) is 6.08 Å². The number of para-hydroxylation sites is 2. The maximum absolute atomic E-state index is 12.5. The van der Waals surface area contributed by atoms with Crippen molar-refractivity contribution >= 4 is 35.0 Å². The monoisotopic (exact) mass is 338 g/mol. The van der Waals surface area contributed by atoms with E-state index in [1.165, 1.54) is 30.0 Å². The molecule has 0 aliphatic carbocycles. The minimum atomic E-state index is -0.457. The Morgan fingerprint density at radius 2 is 1.88 bits per heavy atom. The fourth-order valence-electron chi connectivity index (χ4n) is 2.38. The summed E-state index contributed by atoms with van der Waals surface area (Å²) in [5, 5.41) is 14.2. The summed E-state index contributed by atoms with van der Waals surface area (Å²) in [5.74, 6) is -0.183. The van der Waals surface area contributed by atoms with Crippen molar-refractivity contribution < 1.29 is 9.72 Å². The Morgan fingerprint density at radius 3 is 2.67 bits per heavy atom. The Morgan fingerprint density at radius 1 is 1.17 bits per heavy atom. The molecule has 3 rings (SSSR count). The van der Waals surface area contributed by atoms with Crippen molar-refractivity contribution in [2.24, 2.45) is 0 Å². The summed E-state index contributed by atoms with van der Waals surface area (Å²) < 4.78 is 0. The van der Waals surface area contributed by atoms with E-state index in [-0.39, 0.29) is 11.5 Å². The van der Waals surface area contributed by atoms with Gasteiger partial charge < -0.3 is 5.32 Å². The molecule has 1 N–H and O–H groups in total. The average Bonchev–Trinajstić information content (AvgIpc) is 2.59. The van der Waals surface area contributed by atoms with Gasteiger partial charge in [0.25, 0.3) is 5.69 Å². The Hall–Kier alpha value is -2.86. The van der Waals surface area contributed by atoms with E-state index < -0.39 is 4.92 Å². The van der Waals surface area contributed by atoms with Crippen LogP contribution in [0.5, 0.6) is 0 Å². The molecule has 0 bridgehead atoms. The number of hydrogen-bond donors (Lipinski definition) is 1. The first-order valence-corrected chi connectivity index (χ1v) is 8.08. The number of nitrogens with one attached hydrogen (secondary N) is 1. The maximum Gasteiger partial charge on any atom is 0.276 e. The SMILES string of the molecule is CC1=C(C(=O)C=Cc2ccccc2[N+](=O)[O-])Sc2ccccc2N1. The predicted octanol–water partition coefficient (Wildman–Crippen LogP) is 4.63. The van der Waals surface area contributed by atoms with Crippen molar-refractivity contribution in [3.05, 3.63) is 80.9 Å². The molecule has 120 valence electrons. The van der Waals surface area contributed by atoms with Gasteiger partial charge in [0.15, 0.2) is 5.78 Å². The molecular weight excluding hydrogens is 324 g/mol. The number of ketones is 1. The van der Waals surface area contributed by atoms with Crippen LogP contribution in [-0.4, -0.2) is 10.7 Å². The summed E-state index contributed by atoms with van der Waals surface area (Å²) >= 11 is 1.40. The lowest BCUT2D eigenvalue weighted by atomic mass is 10.1. The van der Waals surface area contributed by atoms with Crippen LogP contribution >= 0.6 is 11.8 Å². The van der Waals surface area contributed by atoms with Crippen molar-refractivity contribution in [1.29, 1.82) is 0 Å². The number of rotatable bonds is 4. The number of anilines is 1. The second kappa shape index (κ2) is 6.72. The van der Waals surface area contributed by atoms with Crippen LogP contribution in [0.15, 0.2) is 70.1 Å². The molecule has 0 saturated carbocycles. The molecule has 1 aliphatic heterocycles. The summed E-state index contributed by atoms with van der Waals surface area (Å²) in [5.41, 5.74) is 2.13. The van der Waals surface area contributed by atoms with Gasteiger partial charge >= 0.3 is 0 Å². The largest absolute Gasteiger partial charge is 0.357 e. The van der Waals surface area contributed by atoms with Gasteiger partial charge in [-0.2, -0.15) is 0 Å². The van der Waals surface area contributed by atoms with Crippen molar-refractivity contribution in [1.82, 2.24) is 0 Å². The number of carbonyl (C=O) groups is 1. The number of thioether (sulfide) groups is 1. The number of fused-ring (bicyclic) bond motifs is 1. The molecule has 0 amide bonds. The minimum absolute atomic E-state index is 0.0213. The Balaban J connectivity index is 1.85. The summed E-state index contributed by atoms with van der Waals surface area (Å²) in [7, 11) is 0. The van der Waals surface area contributed by atoms with Gasteiger partial charge in [0.1, 0.15) is 0 Å². The van der Waals surface area contributed by atoms with E-state index in [0.717, 1.165) is 16.3 Å². The molecule has 1 heterocycles. The molecule has 0 aromatic heterocycles. The minimum Gasteiger partial charge on any atom is -0.357 e. The molecule has 0 radical (unpaired) electrons. The lowest BCUT2D eigenvalue weighted by molar-refractivity contribution is -0.385. The summed E-state index contributed by atoms with van der Waals surface area (Å²) in [6.45, 7) is 1.84. The number of carbonyl (C=O) groups excluding carboxylic acids is 1. The number of nitro benzene ring substituents is 1. The van der Waals surface area contributed by atoms with Crippen LogP contribution in [0.1, 0.15) is 12.5 Å². The molecule has 24 heavy (non-hydrogen) atoms. The van der Waals surface area contributed by atoms with Gasteiger partial charge in [0, 0.05) is 16.7 Å². The van der Waals surface area contributed by atoms with E-state index in [1.807, 2.05) is 31.2 Å². The van der Waals surface area contributed by atoms with E-state index in [2.05, 4.69) is 5.32 Å². The molecule has 0 fully saturated rings. The molecule has 2 aromatic carbocycles. The van der Waals surface area contributed by atoms with Gasteiger partial charge in [-0.15, -0.1) is 0 Å². The number of nitrogens with zero attached hydrogens (tertiary/aromatic N) is 1. The summed E-state index contributed by atoms with van der Waals surface area (Å²) in [4.78, 5) is 24.6. The van der Waals surface area contributed by atoms with Gasteiger partial charge in [-0.25, -0.2) is 0 Å². The summed E-state index contributed by atoms with van der Waals surface area (Å²) in [6.07, 6.45) is 2.87. The molecule has 2 aromatic rings. The van der Waals surface area contributed by atoms with Crippen molar-refractivity contribution in [2.45, 2.75) is 11.8 Å². The Bertz CT molecular complexity index is 887. The predicted molar refractivity (Wildman–Crippen MR) is 95.8 cm³/mol. The van der Waals surface area contributed by atoms with Crippen molar-refractivity contribution in [2.75, 3.05) is 5.32 Å². The van der Waals surface area contributed by atoms with Gasteiger partial charge in [-0.1, -0.05) is 36.0 Å². The zero-order valence-corrected chi connectivity index (χ0v) is 13.7. The van der Waals surface area contributed by atoms with Crippen LogP contribution in [0, 0.1) is 10.1 Å². The van der Waals surface area contributed by atoms with E-state index in [9.17, 15) is 14.9 Å². The van der Waals surface area contributed by atoms with Crippen LogP contribution in [0.4, 0.5) is 11.4 Å². The van der Waals surface area contributed by atoms with Crippen LogP contribution < -0.4 is 5.32 Å². The highest BCUT2D eigenvalue weighted by atomic mass is 32.2. The second-order valence-corrected chi connectivity index (χ2v) is 6.24. The third kappa shape index (κ3) is 3.23. The molecule has 0 atom stereocenters. The Labute approximate surface area is 143 Å². The fourth-order valence-corrected chi connectivity index (χ4v) is 3.34. The third-order valence-corrected chi connectivity index (χ3v) is 4.82. The molecule has 5 nitrogen and oxygen atoms in total. The van der Waals surface area contributed by atoms with Crippen LogP contribution in [0.2, 0.25) is 0 Å². The van der Waals surface area contributed by atoms with E-state index in [1.54, 1.807) is 18.2 Å². The Kier molecular flexibility index (Phi) is 4.48. The summed E-state index contributed by atoms with van der Waals surface area (Å²) in [6, 6.07) is 14.1. The molecule has 0 spiro atoms. The second-order valence-electron chi connectivity index (χ2n) is 5.19. The van der Waals surface area contributed by atoms with E-state index in [4.69, 9.17) is 0 Å². The molecule has 6 heteroatoms. The highest BCUT2D eigenvalue weighted by Crippen LogP contribution is 2.39. The topological polar surface area (TPSA) is 72.2 Å². The standard InChI is InChI=1S/C18H14N2O3S/c1-12-18(24-17-9-5-3-7-14(17)19-12)16(21)11-10-13-6-2-4-8-15(13)20(22)23/h2-11,19H,1H3. The number of allylic oxidation sites excluding steroid dienone is 3. The number of hydrogen-bond acceptors (Lipinski definition) is 5. The smallest absolute Gasteiger partial charge is 0.276 e. The first kappa shape index (κ1) is 16.0. The van der Waals surface area contributed by atoms with Crippen LogP contribution in [-0.2, 0) is 4.79 Å². The lowest BCUT2D eigenvalue weighted by Gasteiger charge is -2.20. The third-order valence-electron chi connectivity index (χ3n) is 3.53. The van der Waals surface area contributed by atoms with Crippen molar-refractivity contribution in [3.63, 3.8) is 0 Å². The molecule has 1 aliphatic rings. The normalized spacial score (nSPS) is 13.5. The maximum atomic E-state index is 12.5. The average molecular weight is 338 g/mol. The molecule has 0 saturated heterocycles. The zero-order valence-electron chi connectivity index (χ0n) is 12.9. The van der Waals surface area contributed by atoms with E-state index >= 15 is 0 Å². The molecular formula is C18H14N2O3S. The van der Waals surface area contributed by atoms with Gasteiger partial charge in [-0.3, -0.25) is 14.9 Å². The lowest BCUT2D eigenvalue weighted by Crippen LogP contribution is -2.10. The first-order valence-electron chi connectivity index (χ1n) is 7.27. The van der Waals surface area contributed by atoms with Crippen molar-refractivity contribution in [3.8, 4) is 0 Å². The van der Waals surface area contributed by atoms with Gasteiger partial charge in [-0.05, 0) is 37.3 Å². The van der Waals surface area contributed by atoms with Gasteiger partial charge in [0.05, 0.1) is 21.1 Å². The quantitative estimate of drug-likeness (QED) is 0.500. The highest BCUT2D eigenvalue weighted by molar-refractivity contribution is 8.04.